The lowest BCUT2D eigenvalue weighted by molar-refractivity contribution is 0.0942. The minimum absolute atomic E-state index is 0.0217. The summed E-state index contributed by atoms with van der Waals surface area (Å²) in [5.41, 5.74) is 3.11. The molecule has 0 spiro atoms. The Bertz CT molecular complexity index is 1860. The average Bonchev–Trinajstić information content (AvgIpc) is 3.41. The number of fused-ring (bicyclic) bond motifs is 1. The van der Waals surface area contributed by atoms with Crippen LogP contribution in [0.4, 0.5) is 0 Å². The lowest BCUT2D eigenvalue weighted by atomic mass is 10.1. The molecule has 2 fully saturated rings. The monoisotopic (exact) mass is 639 g/mol. The van der Waals surface area contributed by atoms with Crippen molar-refractivity contribution in [2.45, 2.75) is 29.9 Å². The highest BCUT2D eigenvalue weighted by Gasteiger charge is 2.44. The molecule has 12 heteroatoms. The highest BCUT2D eigenvalue weighted by molar-refractivity contribution is 7.90. The topological polar surface area (TPSA) is 142 Å². The Balaban J connectivity index is 1.14. The molecule has 3 heterocycles. The van der Waals surface area contributed by atoms with Gasteiger partial charge in [0.25, 0.3) is 11.8 Å². The van der Waals surface area contributed by atoms with Crippen LogP contribution in [0.2, 0.25) is 0 Å². The van der Waals surface area contributed by atoms with E-state index in [4.69, 9.17) is 0 Å². The lowest BCUT2D eigenvalue weighted by Crippen LogP contribution is -2.34. The molecule has 3 N–H and O–H groups in total. The minimum Gasteiger partial charge on any atom is -0.352 e. The number of sulfone groups is 1. The largest absolute Gasteiger partial charge is 0.352 e. The molecule has 1 saturated carbocycles. The minimum atomic E-state index is -3.83. The van der Waals surface area contributed by atoms with Crippen LogP contribution in [0.3, 0.4) is 0 Å². The number of H-pyrrole nitrogens is 1. The number of aromatic nitrogens is 4. The van der Waals surface area contributed by atoms with Crippen LogP contribution < -0.4 is 10.6 Å². The molecule has 238 valence electrons. The Kier molecular flexibility index (Phi) is 9.33. The summed E-state index contributed by atoms with van der Waals surface area (Å²) in [5, 5.41) is 16.8. The molecule has 2 atom stereocenters. The summed E-state index contributed by atoms with van der Waals surface area (Å²) in [6, 6.07) is 13.0. The fraction of sp³-hybridized carbons (Fsp3) is 0.353. The molecule has 11 nitrogen and oxygen atoms in total. The van der Waals surface area contributed by atoms with Gasteiger partial charge in [0.2, 0.25) is 0 Å². The number of aryl methyl sites for hydroxylation is 2. The number of nitrogens with zero attached hydrogens (tertiary/aromatic N) is 4. The number of rotatable bonds is 12. The molecule has 2 aromatic carbocycles. The maximum atomic E-state index is 13.5. The number of carbonyl (C=O) groups is 2. The third kappa shape index (κ3) is 7.91. The van der Waals surface area contributed by atoms with E-state index in [9.17, 15) is 18.0 Å². The first-order valence-corrected chi connectivity index (χ1v) is 17.1. The van der Waals surface area contributed by atoms with E-state index >= 15 is 0 Å². The van der Waals surface area contributed by atoms with Gasteiger partial charge in [-0.05, 0) is 85.2 Å². The second kappa shape index (κ2) is 13.7. The molecule has 2 aromatic heterocycles. The molecule has 2 aliphatic rings. The molecule has 6 rings (SSSR count). The molecule has 1 aliphatic heterocycles. The highest BCUT2D eigenvalue weighted by Crippen LogP contribution is 2.44. The van der Waals surface area contributed by atoms with Crippen molar-refractivity contribution >= 4 is 21.7 Å². The third-order valence-electron chi connectivity index (χ3n) is 8.42. The fourth-order valence-corrected chi connectivity index (χ4v) is 7.23. The van der Waals surface area contributed by atoms with Crippen LogP contribution in [0.25, 0.3) is 0 Å². The highest BCUT2D eigenvalue weighted by atomic mass is 32.2. The standard InChI is InChI=1S/C34H37N7O4S/c1-40-15-12-31(39-40)23-46(44,45)32-11-10-28(34(43)35-13-2-3-25-19-37-38-20-25)17-27(32)9-6-24-4-7-26(8-5-24)33(42)36-14-16-41-21-29-18-30(29)22-41/h4-5,7-8,10-12,15,17,19-20,29-30H,2-3,13-14,16,18,21-23H2,1H3,(H,35,43)(H,36,42)(H,37,38)/t29-,30+. The first-order valence-electron chi connectivity index (χ1n) is 15.5. The van der Waals surface area contributed by atoms with E-state index in [0.717, 1.165) is 49.9 Å². The van der Waals surface area contributed by atoms with Gasteiger partial charge in [0.1, 0.15) is 0 Å². The molecule has 0 radical (unpaired) electrons. The van der Waals surface area contributed by atoms with E-state index in [1.54, 1.807) is 54.5 Å². The second-order valence-electron chi connectivity index (χ2n) is 12.0. The van der Waals surface area contributed by atoms with Gasteiger partial charge in [0, 0.05) is 74.4 Å². The smallest absolute Gasteiger partial charge is 0.251 e. The molecule has 1 aliphatic carbocycles. The van der Waals surface area contributed by atoms with Gasteiger partial charge >= 0.3 is 0 Å². The quantitative estimate of drug-likeness (QED) is 0.160. The molecule has 1 saturated heterocycles. The van der Waals surface area contributed by atoms with Crippen molar-refractivity contribution in [1.29, 1.82) is 0 Å². The van der Waals surface area contributed by atoms with Crippen LogP contribution >= 0.6 is 0 Å². The van der Waals surface area contributed by atoms with Gasteiger partial charge in [0.05, 0.1) is 22.5 Å². The van der Waals surface area contributed by atoms with E-state index in [1.165, 1.54) is 24.6 Å². The van der Waals surface area contributed by atoms with Crippen LogP contribution in [0.1, 0.15) is 55.9 Å². The number of amides is 2. The first kappa shape index (κ1) is 31.3. The third-order valence-corrected chi connectivity index (χ3v) is 10.1. The van der Waals surface area contributed by atoms with Crippen molar-refractivity contribution in [2.75, 3.05) is 32.7 Å². The van der Waals surface area contributed by atoms with Crippen LogP contribution in [0, 0.1) is 23.7 Å². The van der Waals surface area contributed by atoms with Crippen molar-refractivity contribution in [3.8, 4) is 11.8 Å². The molecule has 2 amide bonds. The molecule has 0 bridgehead atoms. The summed E-state index contributed by atoms with van der Waals surface area (Å²) in [5.74, 6) is 6.96. The Hall–Kier alpha value is -4.73. The van der Waals surface area contributed by atoms with Crippen molar-refractivity contribution in [3.63, 3.8) is 0 Å². The van der Waals surface area contributed by atoms with E-state index in [0.29, 0.717) is 35.5 Å². The number of likely N-dealkylation sites (tertiary alicyclic amines) is 1. The van der Waals surface area contributed by atoms with Gasteiger partial charge in [-0.3, -0.25) is 19.4 Å². The van der Waals surface area contributed by atoms with Gasteiger partial charge < -0.3 is 15.5 Å². The Labute approximate surface area is 268 Å². The molecule has 46 heavy (non-hydrogen) atoms. The zero-order valence-electron chi connectivity index (χ0n) is 25.7. The number of aromatic amines is 1. The predicted molar refractivity (Wildman–Crippen MR) is 173 cm³/mol. The zero-order valence-corrected chi connectivity index (χ0v) is 26.5. The summed E-state index contributed by atoms with van der Waals surface area (Å²) >= 11 is 0. The number of benzene rings is 2. The van der Waals surface area contributed by atoms with Gasteiger partial charge in [-0.15, -0.1) is 0 Å². The molecular formula is C34H37N7O4S. The summed E-state index contributed by atoms with van der Waals surface area (Å²) in [6.07, 6.45) is 8.09. The molecule has 0 unspecified atom stereocenters. The fourth-order valence-electron chi connectivity index (χ4n) is 5.82. The van der Waals surface area contributed by atoms with Crippen molar-refractivity contribution in [1.82, 2.24) is 35.5 Å². The van der Waals surface area contributed by atoms with Crippen LogP contribution in [-0.4, -0.2) is 77.8 Å². The summed E-state index contributed by atoms with van der Waals surface area (Å²) < 4.78 is 28.5. The second-order valence-corrected chi connectivity index (χ2v) is 14.0. The number of piperidine rings is 1. The Morgan fingerprint density at radius 2 is 1.72 bits per heavy atom. The lowest BCUT2D eigenvalue weighted by Gasteiger charge is -2.17. The van der Waals surface area contributed by atoms with Crippen molar-refractivity contribution in [3.05, 3.63) is 101 Å². The maximum absolute atomic E-state index is 13.5. The van der Waals surface area contributed by atoms with Gasteiger partial charge in [-0.2, -0.15) is 10.2 Å². The SMILES string of the molecule is Cn1ccc(CS(=O)(=O)c2ccc(C(=O)NCCCc3cn[nH]c3)cc2C#Cc2ccc(C(=O)NCCN3C[C@H]4C[C@H]4C3)cc2)n1. The van der Waals surface area contributed by atoms with E-state index in [2.05, 4.69) is 42.7 Å². The Morgan fingerprint density at radius 3 is 2.43 bits per heavy atom. The average molecular weight is 640 g/mol. The van der Waals surface area contributed by atoms with E-state index in [1.807, 2.05) is 6.20 Å². The zero-order chi connectivity index (χ0) is 32.1. The predicted octanol–water partition coefficient (Wildman–Crippen LogP) is 2.56. The van der Waals surface area contributed by atoms with E-state index < -0.39 is 9.84 Å². The van der Waals surface area contributed by atoms with Crippen molar-refractivity contribution in [2.24, 2.45) is 18.9 Å². The summed E-state index contributed by atoms with van der Waals surface area (Å²) in [7, 11) is -2.11. The number of carbonyl (C=O) groups excluding carboxylic acids is 2. The maximum Gasteiger partial charge on any atom is 0.251 e. The molecular weight excluding hydrogens is 602 g/mol. The van der Waals surface area contributed by atoms with Crippen molar-refractivity contribution < 1.29 is 18.0 Å². The van der Waals surface area contributed by atoms with Crippen LogP contribution in [0.15, 0.2) is 72.0 Å². The van der Waals surface area contributed by atoms with Gasteiger partial charge in [-0.1, -0.05) is 11.8 Å². The van der Waals surface area contributed by atoms with E-state index in [-0.39, 0.29) is 28.0 Å². The first-order chi connectivity index (χ1) is 22.2. The Morgan fingerprint density at radius 1 is 0.978 bits per heavy atom. The van der Waals surface area contributed by atoms with Gasteiger partial charge in [-0.25, -0.2) is 8.42 Å². The van der Waals surface area contributed by atoms with Gasteiger partial charge in [0.15, 0.2) is 9.84 Å². The summed E-state index contributed by atoms with van der Waals surface area (Å²) in [6.45, 7) is 4.19. The number of hydrogen-bond donors (Lipinski definition) is 3. The van der Waals surface area contributed by atoms with Crippen LogP contribution in [-0.2, 0) is 29.1 Å². The summed E-state index contributed by atoms with van der Waals surface area (Å²) in [4.78, 5) is 28.1. The molecule has 4 aromatic rings. The normalized spacial score (nSPS) is 17.2. The van der Waals surface area contributed by atoms with Crippen LogP contribution in [0.5, 0.6) is 0 Å². The number of nitrogens with one attached hydrogen (secondary N) is 3. The number of hydrogen-bond acceptors (Lipinski definition) is 7.